The molecule has 0 saturated carbocycles. The fraction of sp³-hybridized carbons (Fsp3) is 0.500. The highest BCUT2D eigenvalue weighted by molar-refractivity contribution is 5.85. The zero-order valence-electron chi connectivity index (χ0n) is 2.98. The van der Waals surface area contributed by atoms with Crippen molar-refractivity contribution in [1.29, 1.82) is 0 Å². The third-order valence-corrected chi connectivity index (χ3v) is 0.667. The molecule has 1 rings (SSSR count). The molecule has 0 aliphatic heterocycles. The van der Waals surface area contributed by atoms with Gasteiger partial charge in [0.1, 0.15) is 0 Å². The van der Waals surface area contributed by atoms with E-state index in [4.69, 9.17) is 0 Å². The van der Waals surface area contributed by atoms with Gasteiger partial charge in [0.15, 0.2) is 0 Å². The van der Waals surface area contributed by atoms with Crippen LogP contribution in [-0.4, -0.2) is 0 Å². The molecular weight excluding hydrogens is 83.5 g/mol. The predicted octanol–water partition coefficient (Wildman–Crippen LogP) is 1.76. The monoisotopic (exact) mass is 90.0 g/mol. The van der Waals surface area contributed by atoms with Gasteiger partial charge in [-0.1, -0.05) is 12.2 Å². The Kier molecular flexibility index (Phi) is 2.29. The van der Waals surface area contributed by atoms with Crippen molar-refractivity contribution in [1.82, 2.24) is 0 Å². The summed E-state index contributed by atoms with van der Waals surface area (Å²) in [6, 6.07) is 0. The molecule has 0 saturated heterocycles. The summed E-state index contributed by atoms with van der Waals surface area (Å²) in [4.78, 5) is 0. The molecule has 1 heteroatoms. The van der Waals surface area contributed by atoms with Crippen molar-refractivity contribution in [2.24, 2.45) is 0 Å². The van der Waals surface area contributed by atoms with Crippen LogP contribution >= 0.6 is 12.4 Å². The van der Waals surface area contributed by atoms with Gasteiger partial charge in [-0.25, -0.2) is 0 Å². The van der Waals surface area contributed by atoms with Gasteiger partial charge in [-0.05, 0) is 12.8 Å². The van der Waals surface area contributed by atoms with Crippen molar-refractivity contribution in [3.8, 4) is 0 Å². The molecule has 0 amide bonds. The molecule has 1 aliphatic rings. The van der Waals surface area contributed by atoms with Crippen LogP contribution in [0, 0.1) is 0 Å². The van der Waals surface area contributed by atoms with Gasteiger partial charge in [-0.2, -0.15) is 0 Å². The molecule has 0 aromatic carbocycles. The number of hydrogen-bond donors (Lipinski definition) is 0. The molecule has 1 aliphatic carbocycles. The standard InChI is InChI=1S/C4H6.ClH/c1-2-4-3-1;/h1-2H,3-4H2;1H. The van der Waals surface area contributed by atoms with Gasteiger partial charge < -0.3 is 0 Å². The van der Waals surface area contributed by atoms with Crippen LogP contribution in [0.3, 0.4) is 0 Å². The lowest BCUT2D eigenvalue weighted by molar-refractivity contribution is 0.962. The zero-order chi connectivity index (χ0) is 2.83. The summed E-state index contributed by atoms with van der Waals surface area (Å²) in [7, 11) is 0. The molecule has 5 heavy (non-hydrogen) atoms. The van der Waals surface area contributed by atoms with Crippen LogP contribution in [0.15, 0.2) is 12.2 Å². The Labute approximate surface area is 38.3 Å². The maximum Gasteiger partial charge on any atom is -0.0316 e. The van der Waals surface area contributed by atoms with Crippen molar-refractivity contribution in [2.75, 3.05) is 0 Å². The smallest absolute Gasteiger partial charge is 0.0316 e. The highest BCUT2D eigenvalue weighted by atomic mass is 35.5. The number of halogens is 1. The van der Waals surface area contributed by atoms with Gasteiger partial charge in [-0.15, -0.1) is 12.4 Å². The summed E-state index contributed by atoms with van der Waals surface area (Å²) < 4.78 is 0. The first-order chi connectivity index (χ1) is 2.00. The predicted molar refractivity (Wildman–Crippen MR) is 25.6 cm³/mol. The van der Waals surface area contributed by atoms with E-state index in [1.807, 2.05) is 0 Å². The van der Waals surface area contributed by atoms with E-state index in [0.717, 1.165) is 0 Å². The Morgan fingerprint density at radius 3 is 1.20 bits per heavy atom. The van der Waals surface area contributed by atoms with Crippen LogP contribution in [0.5, 0.6) is 0 Å². The average Bonchev–Trinajstić information content (AvgIpc) is 0.722. The SMILES string of the molecule is C1=CCC1.Cl. The van der Waals surface area contributed by atoms with E-state index in [1.165, 1.54) is 12.8 Å². The molecule has 0 unspecified atom stereocenters. The third kappa shape index (κ3) is 1.02. The van der Waals surface area contributed by atoms with Gasteiger partial charge in [-0.3, -0.25) is 0 Å². The maximum atomic E-state index is 2.18. The number of hydrogen-bond acceptors (Lipinski definition) is 0. The Morgan fingerprint density at radius 2 is 1.20 bits per heavy atom. The molecule has 0 N–H and O–H groups in total. The Morgan fingerprint density at radius 1 is 1.00 bits per heavy atom. The molecule has 0 fully saturated rings. The van der Waals surface area contributed by atoms with Crippen LogP contribution in [0.2, 0.25) is 0 Å². The number of allylic oxidation sites excluding steroid dienone is 2. The lowest BCUT2D eigenvalue weighted by Gasteiger charge is -1.92. The van der Waals surface area contributed by atoms with Crippen LogP contribution in [0.4, 0.5) is 0 Å². The van der Waals surface area contributed by atoms with Gasteiger partial charge in [0, 0.05) is 0 Å². The van der Waals surface area contributed by atoms with E-state index in [1.54, 1.807) is 0 Å². The second kappa shape index (κ2) is 2.28. The Hall–Kier alpha value is 0.0300. The second-order valence-corrected chi connectivity index (χ2v) is 1.05. The van der Waals surface area contributed by atoms with Gasteiger partial charge in [0.2, 0.25) is 0 Å². The Bertz CT molecular complexity index is 32.9. The lowest BCUT2D eigenvalue weighted by atomic mass is 10.1. The largest absolute Gasteiger partial charge is 0.147 e. The molecule has 0 aromatic heterocycles. The minimum Gasteiger partial charge on any atom is -0.147 e. The van der Waals surface area contributed by atoms with E-state index in [2.05, 4.69) is 12.2 Å². The van der Waals surface area contributed by atoms with E-state index in [0.29, 0.717) is 0 Å². The maximum absolute atomic E-state index is 2.18. The zero-order valence-corrected chi connectivity index (χ0v) is 3.79. The van der Waals surface area contributed by atoms with E-state index < -0.39 is 0 Å². The van der Waals surface area contributed by atoms with E-state index >= 15 is 0 Å². The minimum atomic E-state index is 0. The summed E-state index contributed by atoms with van der Waals surface area (Å²) in [5.74, 6) is 0. The average molecular weight is 90.6 g/mol. The fourth-order valence-electron chi connectivity index (χ4n) is 0.167. The highest BCUT2D eigenvalue weighted by Gasteiger charge is 1.81. The van der Waals surface area contributed by atoms with E-state index in [9.17, 15) is 0 Å². The topological polar surface area (TPSA) is 0 Å². The van der Waals surface area contributed by atoms with Crippen molar-refractivity contribution < 1.29 is 0 Å². The summed E-state index contributed by atoms with van der Waals surface area (Å²) in [6.45, 7) is 0. The highest BCUT2D eigenvalue weighted by Crippen LogP contribution is 2.01. The van der Waals surface area contributed by atoms with Crippen LogP contribution in [-0.2, 0) is 0 Å². The van der Waals surface area contributed by atoms with Crippen LogP contribution in [0.25, 0.3) is 0 Å². The molecule has 0 nitrogen and oxygen atoms in total. The summed E-state index contributed by atoms with van der Waals surface area (Å²) >= 11 is 0. The summed E-state index contributed by atoms with van der Waals surface area (Å²) in [5, 5.41) is 0. The molecule has 0 aromatic rings. The molecule has 0 radical (unpaired) electrons. The fourth-order valence-corrected chi connectivity index (χ4v) is 0.167. The number of rotatable bonds is 0. The molecule has 0 heterocycles. The van der Waals surface area contributed by atoms with Gasteiger partial charge >= 0.3 is 0 Å². The first kappa shape index (κ1) is 5.03. The Balaban J connectivity index is 0.000000160. The van der Waals surface area contributed by atoms with Crippen LogP contribution < -0.4 is 0 Å². The lowest BCUT2D eigenvalue weighted by Crippen LogP contribution is -1.71. The molecule has 0 bridgehead atoms. The quantitative estimate of drug-likeness (QED) is 0.398. The second-order valence-electron chi connectivity index (χ2n) is 1.05. The molecule has 0 atom stereocenters. The van der Waals surface area contributed by atoms with E-state index in [-0.39, 0.29) is 12.4 Å². The normalized spacial score (nSPS) is 16.0. The first-order valence-electron chi connectivity index (χ1n) is 1.65. The van der Waals surface area contributed by atoms with Crippen molar-refractivity contribution in [3.05, 3.63) is 12.2 Å². The van der Waals surface area contributed by atoms with Crippen molar-refractivity contribution >= 4 is 12.4 Å². The molecule has 0 spiro atoms. The third-order valence-electron chi connectivity index (χ3n) is 0.667. The van der Waals surface area contributed by atoms with Crippen LogP contribution in [0.1, 0.15) is 12.8 Å². The van der Waals surface area contributed by atoms with Crippen molar-refractivity contribution in [3.63, 3.8) is 0 Å². The minimum absolute atomic E-state index is 0. The summed E-state index contributed by atoms with van der Waals surface area (Å²) in [5.41, 5.74) is 0. The first-order valence-corrected chi connectivity index (χ1v) is 1.65. The van der Waals surface area contributed by atoms with Crippen molar-refractivity contribution in [2.45, 2.75) is 12.8 Å². The van der Waals surface area contributed by atoms with Gasteiger partial charge in [0.25, 0.3) is 0 Å². The molecule has 30 valence electrons. The summed E-state index contributed by atoms with van der Waals surface area (Å²) in [6.07, 6.45) is 7.00. The molecular formula is C4H7Cl. The van der Waals surface area contributed by atoms with Gasteiger partial charge in [0.05, 0.1) is 0 Å².